The average molecular weight is 164 g/mol. The molecule has 2 saturated heterocycles. The van der Waals surface area contributed by atoms with Crippen LogP contribution in [0.15, 0.2) is 23.3 Å². The van der Waals surface area contributed by atoms with Crippen molar-refractivity contribution in [2.24, 2.45) is 11.8 Å². The molecule has 0 N–H and O–H groups in total. The Labute approximate surface area is 71.9 Å². The van der Waals surface area contributed by atoms with Gasteiger partial charge in [0, 0.05) is 11.8 Å². The summed E-state index contributed by atoms with van der Waals surface area (Å²) in [6.45, 7) is 3.48. The molecule has 0 radical (unpaired) electrons. The van der Waals surface area contributed by atoms with Gasteiger partial charge in [0.15, 0.2) is 0 Å². The lowest BCUT2D eigenvalue weighted by Crippen LogP contribution is -2.20. The Morgan fingerprint density at radius 3 is 1.92 bits per heavy atom. The molecule has 2 nitrogen and oxygen atoms in total. The van der Waals surface area contributed by atoms with Crippen LogP contribution in [0.2, 0.25) is 0 Å². The van der Waals surface area contributed by atoms with E-state index in [2.05, 4.69) is 12.2 Å². The van der Waals surface area contributed by atoms with Crippen molar-refractivity contribution in [1.82, 2.24) is 0 Å². The Morgan fingerprint density at radius 1 is 0.917 bits per heavy atom. The molecule has 3 rings (SSSR count). The highest BCUT2D eigenvalue weighted by Gasteiger charge is 2.36. The Hall–Kier alpha value is -0.600. The standard InChI is InChI=1S/C10H12O2/c1-2-8-4-12-6-10(8)9-5-11-3-7(1)9/h1-2,9-10H,3-6H2/t9-,10-/m0/s1. The Bertz CT molecular complexity index is 237. The molecule has 0 unspecified atom stereocenters. The predicted octanol–water partition coefficient (Wildman–Crippen LogP) is 1.15. The second-order valence-corrected chi connectivity index (χ2v) is 3.73. The first-order valence-electron chi connectivity index (χ1n) is 4.50. The van der Waals surface area contributed by atoms with E-state index in [0.29, 0.717) is 11.8 Å². The Morgan fingerprint density at radius 2 is 1.42 bits per heavy atom. The minimum atomic E-state index is 0.632. The van der Waals surface area contributed by atoms with Crippen molar-refractivity contribution in [3.63, 3.8) is 0 Å². The quantitative estimate of drug-likeness (QED) is 0.534. The summed E-state index contributed by atoms with van der Waals surface area (Å²) in [5.41, 5.74) is 2.93. The van der Waals surface area contributed by atoms with E-state index >= 15 is 0 Å². The Balaban J connectivity index is 1.98. The lowest BCUT2D eigenvalue weighted by atomic mass is 9.81. The smallest absolute Gasteiger partial charge is 0.0683 e. The van der Waals surface area contributed by atoms with E-state index in [1.54, 1.807) is 0 Å². The molecule has 0 bridgehead atoms. The molecule has 0 aromatic rings. The van der Waals surface area contributed by atoms with Crippen molar-refractivity contribution in [3.8, 4) is 0 Å². The fourth-order valence-electron chi connectivity index (χ4n) is 2.34. The summed E-state index contributed by atoms with van der Waals surface area (Å²) in [5, 5.41) is 0. The van der Waals surface area contributed by atoms with Crippen LogP contribution >= 0.6 is 0 Å². The third-order valence-corrected chi connectivity index (χ3v) is 3.08. The van der Waals surface area contributed by atoms with E-state index < -0.39 is 0 Å². The van der Waals surface area contributed by atoms with Gasteiger partial charge in [0.2, 0.25) is 0 Å². The Kier molecular flexibility index (Phi) is 1.40. The van der Waals surface area contributed by atoms with Crippen molar-refractivity contribution in [2.45, 2.75) is 0 Å². The SMILES string of the molecule is C1=C2COC[C@@H]2[C@H]2COCC2=C1. The summed E-state index contributed by atoms with van der Waals surface area (Å²) < 4.78 is 10.9. The summed E-state index contributed by atoms with van der Waals surface area (Å²) in [6, 6.07) is 0. The minimum Gasteiger partial charge on any atom is -0.376 e. The maximum atomic E-state index is 5.44. The number of hydrogen-bond acceptors (Lipinski definition) is 2. The second kappa shape index (κ2) is 2.44. The predicted molar refractivity (Wildman–Crippen MR) is 44.8 cm³/mol. The molecule has 2 aliphatic heterocycles. The number of allylic oxidation sites excluding steroid dienone is 2. The molecular formula is C10H12O2. The number of fused-ring (bicyclic) bond motifs is 3. The average Bonchev–Trinajstić information content (AvgIpc) is 2.71. The summed E-state index contributed by atoms with van der Waals surface area (Å²) in [6.07, 6.45) is 4.44. The largest absolute Gasteiger partial charge is 0.376 e. The van der Waals surface area contributed by atoms with E-state index in [4.69, 9.17) is 9.47 Å². The van der Waals surface area contributed by atoms with Gasteiger partial charge in [-0.05, 0) is 11.1 Å². The third kappa shape index (κ3) is 0.822. The first-order valence-corrected chi connectivity index (χ1v) is 4.50. The molecule has 0 aromatic carbocycles. The van der Waals surface area contributed by atoms with Crippen LogP contribution in [0.25, 0.3) is 0 Å². The van der Waals surface area contributed by atoms with Crippen LogP contribution in [0, 0.1) is 11.8 Å². The van der Waals surface area contributed by atoms with Crippen LogP contribution in [0.4, 0.5) is 0 Å². The van der Waals surface area contributed by atoms with E-state index in [1.165, 1.54) is 11.1 Å². The van der Waals surface area contributed by atoms with Crippen molar-refractivity contribution in [2.75, 3.05) is 26.4 Å². The van der Waals surface area contributed by atoms with E-state index in [9.17, 15) is 0 Å². The molecule has 3 aliphatic rings. The molecule has 0 spiro atoms. The minimum absolute atomic E-state index is 0.632. The van der Waals surface area contributed by atoms with Crippen LogP contribution in [0.5, 0.6) is 0 Å². The maximum Gasteiger partial charge on any atom is 0.0683 e. The molecule has 1 aliphatic carbocycles. The monoisotopic (exact) mass is 164 g/mol. The van der Waals surface area contributed by atoms with Crippen LogP contribution in [-0.4, -0.2) is 26.4 Å². The first kappa shape index (κ1) is 6.87. The van der Waals surface area contributed by atoms with Crippen LogP contribution < -0.4 is 0 Å². The fraction of sp³-hybridized carbons (Fsp3) is 0.600. The van der Waals surface area contributed by atoms with Gasteiger partial charge in [-0.2, -0.15) is 0 Å². The van der Waals surface area contributed by atoms with E-state index in [-0.39, 0.29) is 0 Å². The van der Waals surface area contributed by atoms with E-state index in [1.807, 2.05) is 0 Å². The van der Waals surface area contributed by atoms with Gasteiger partial charge in [-0.1, -0.05) is 12.2 Å². The molecule has 12 heavy (non-hydrogen) atoms. The molecule has 0 aromatic heterocycles. The van der Waals surface area contributed by atoms with Gasteiger partial charge >= 0.3 is 0 Å². The van der Waals surface area contributed by atoms with Crippen molar-refractivity contribution in [3.05, 3.63) is 23.3 Å². The zero-order valence-corrected chi connectivity index (χ0v) is 6.95. The van der Waals surface area contributed by atoms with Gasteiger partial charge in [-0.3, -0.25) is 0 Å². The maximum absolute atomic E-state index is 5.44. The summed E-state index contributed by atoms with van der Waals surface area (Å²) in [5.74, 6) is 1.26. The first-order chi connectivity index (χ1) is 5.95. The zero-order chi connectivity index (χ0) is 7.97. The summed E-state index contributed by atoms with van der Waals surface area (Å²) >= 11 is 0. The molecule has 2 fully saturated rings. The summed E-state index contributed by atoms with van der Waals surface area (Å²) in [7, 11) is 0. The molecule has 0 amide bonds. The topological polar surface area (TPSA) is 18.5 Å². The van der Waals surface area contributed by atoms with E-state index in [0.717, 1.165) is 26.4 Å². The number of ether oxygens (including phenoxy) is 2. The summed E-state index contributed by atoms with van der Waals surface area (Å²) in [4.78, 5) is 0. The number of rotatable bonds is 0. The highest BCUT2D eigenvalue weighted by molar-refractivity contribution is 5.32. The lowest BCUT2D eigenvalue weighted by Gasteiger charge is -2.21. The van der Waals surface area contributed by atoms with Crippen LogP contribution in [-0.2, 0) is 9.47 Å². The highest BCUT2D eigenvalue weighted by Crippen LogP contribution is 2.38. The molecule has 64 valence electrons. The van der Waals surface area contributed by atoms with Gasteiger partial charge < -0.3 is 9.47 Å². The highest BCUT2D eigenvalue weighted by atomic mass is 16.5. The molecule has 2 heteroatoms. The normalized spacial score (nSPS) is 38.7. The second-order valence-electron chi connectivity index (χ2n) is 3.73. The van der Waals surface area contributed by atoms with Gasteiger partial charge in [0.25, 0.3) is 0 Å². The molecule has 0 saturated carbocycles. The molecule has 2 atom stereocenters. The fourth-order valence-corrected chi connectivity index (χ4v) is 2.34. The number of hydrogen-bond donors (Lipinski definition) is 0. The van der Waals surface area contributed by atoms with Crippen molar-refractivity contribution < 1.29 is 9.47 Å². The van der Waals surface area contributed by atoms with Gasteiger partial charge in [0.05, 0.1) is 26.4 Å². The van der Waals surface area contributed by atoms with Gasteiger partial charge in [0.1, 0.15) is 0 Å². The van der Waals surface area contributed by atoms with Crippen LogP contribution in [0.3, 0.4) is 0 Å². The third-order valence-electron chi connectivity index (χ3n) is 3.08. The van der Waals surface area contributed by atoms with Gasteiger partial charge in [-0.15, -0.1) is 0 Å². The van der Waals surface area contributed by atoms with Crippen molar-refractivity contribution >= 4 is 0 Å². The molecular weight excluding hydrogens is 152 g/mol. The zero-order valence-electron chi connectivity index (χ0n) is 6.95. The van der Waals surface area contributed by atoms with Gasteiger partial charge in [-0.25, -0.2) is 0 Å². The molecule has 2 heterocycles. The van der Waals surface area contributed by atoms with Crippen molar-refractivity contribution in [1.29, 1.82) is 0 Å². The van der Waals surface area contributed by atoms with Crippen LogP contribution in [0.1, 0.15) is 0 Å². The lowest BCUT2D eigenvalue weighted by molar-refractivity contribution is 0.151.